The number of aliphatic hydroxyl groups is 1. The lowest BCUT2D eigenvalue weighted by atomic mass is 10.1. The molecule has 1 aromatic rings. The van der Waals surface area contributed by atoms with Crippen LogP contribution in [0.25, 0.3) is 0 Å². The molecule has 1 unspecified atom stereocenters. The predicted octanol–water partition coefficient (Wildman–Crippen LogP) is 1.02. The summed E-state index contributed by atoms with van der Waals surface area (Å²) >= 11 is 0. The normalized spacial score (nSPS) is 21.0. The Labute approximate surface area is 90.5 Å². The number of β-amino-alcohol motifs (C(OH)–C–C–N with tert-alkyl or cyclic N) is 1. The number of nitrogens with two attached hydrogens (primary N) is 1. The quantitative estimate of drug-likeness (QED) is 0.759. The van der Waals surface area contributed by atoms with Crippen LogP contribution in [0.2, 0.25) is 0 Å². The molecular formula is C12H18N2O. The van der Waals surface area contributed by atoms with Crippen molar-refractivity contribution in [2.45, 2.75) is 26.0 Å². The van der Waals surface area contributed by atoms with Crippen LogP contribution in [0.4, 0.5) is 5.69 Å². The Hall–Kier alpha value is -1.06. The summed E-state index contributed by atoms with van der Waals surface area (Å²) in [6.07, 6.45) is 0.675. The average Bonchev–Trinajstić information content (AvgIpc) is 2.65. The van der Waals surface area contributed by atoms with Crippen LogP contribution < -0.4 is 10.6 Å². The second-order valence-corrected chi connectivity index (χ2v) is 4.22. The van der Waals surface area contributed by atoms with E-state index in [4.69, 9.17) is 5.73 Å². The Morgan fingerprint density at radius 3 is 2.93 bits per heavy atom. The number of benzene rings is 1. The second-order valence-electron chi connectivity index (χ2n) is 4.22. The van der Waals surface area contributed by atoms with E-state index in [-0.39, 0.29) is 6.10 Å². The number of hydrogen-bond donors (Lipinski definition) is 2. The van der Waals surface area contributed by atoms with Gasteiger partial charge in [0.2, 0.25) is 0 Å². The minimum Gasteiger partial charge on any atom is -0.391 e. The predicted molar refractivity (Wildman–Crippen MR) is 61.9 cm³/mol. The van der Waals surface area contributed by atoms with Crippen molar-refractivity contribution >= 4 is 5.69 Å². The number of hydrogen-bond acceptors (Lipinski definition) is 3. The fourth-order valence-electron chi connectivity index (χ4n) is 2.10. The highest BCUT2D eigenvalue weighted by Gasteiger charge is 2.21. The summed E-state index contributed by atoms with van der Waals surface area (Å²) in [7, 11) is 0. The maximum Gasteiger partial charge on any atom is 0.0731 e. The Bertz CT molecular complexity index is 351. The van der Waals surface area contributed by atoms with E-state index >= 15 is 0 Å². The van der Waals surface area contributed by atoms with Crippen molar-refractivity contribution in [1.82, 2.24) is 0 Å². The molecule has 0 spiro atoms. The maximum absolute atomic E-state index is 9.52. The van der Waals surface area contributed by atoms with Crippen LogP contribution in [0.3, 0.4) is 0 Å². The van der Waals surface area contributed by atoms with Crippen LogP contribution in [0.5, 0.6) is 0 Å². The molecule has 1 aliphatic rings. The van der Waals surface area contributed by atoms with Crippen LogP contribution in [-0.2, 0) is 6.54 Å². The number of aryl methyl sites for hydroxylation is 1. The SMILES string of the molecule is Cc1ccc(CN)c(N2CCC(O)C2)c1. The van der Waals surface area contributed by atoms with Gasteiger partial charge in [0.05, 0.1) is 6.10 Å². The molecule has 1 aliphatic heterocycles. The third-order valence-electron chi connectivity index (χ3n) is 2.96. The Balaban J connectivity index is 2.29. The van der Waals surface area contributed by atoms with Crippen molar-refractivity contribution in [1.29, 1.82) is 0 Å². The summed E-state index contributed by atoms with van der Waals surface area (Å²) in [6, 6.07) is 6.31. The first-order chi connectivity index (χ1) is 7.20. The zero-order valence-electron chi connectivity index (χ0n) is 9.11. The molecule has 3 nitrogen and oxygen atoms in total. The van der Waals surface area contributed by atoms with Gasteiger partial charge in [0, 0.05) is 25.3 Å². The van der Waals surface area contributed by atoms with Crippen molar-refractivity contribution in [3.05, 3.63) is 29.3 Å². The molecule has 0 saturated carbocycles. The van der Waals surface area contributed by atoms with E-state index in [1.165, 1.54) is 11.3 Å². The lowest BCUT2D eigenvalue weighted by molar-refractivity contribution is 0.198. The van der Waals surface area contributed by atoms with Crippen molar-refractivity contribution in [2.24, 2.45) is 5.73 Å². The molecule has 1 atom stereocenters. The molecule has 0 radical (unpaired) electrons. The van der Waals surface area contributed by atoms with E-state index in [9.17, 15) is 5.11 Å². The zero-order chi connectivity index (χ0) is 10.8. The van der Waals surface area contributed by atoms with Crippen molar-refractivity contribution in [2.75, 3.05) is 18.0 Å². The summed E-state index contributed by atoms with van der Waals surface area (Å²) in [5.41, 5.74) is 9.30. The first-order valence-corrected chi connectivity index (χ1v) is 5.43. The molecule has 1 saturated heterocycles. The van der Waals surface area contributed by atoms with Gasteiger partial charge in [-0.3, -0.25) is 0 Å². The summed E-state index contributed by atoms with van der Waals surface area (Å²) in [5, 5.41) is 9.52. The molecule has 3 N–H and O–H groups in total. The smallest absolute Gasteiger partial charge is 0.0731 e. The van der Waals surface area contributed by atoms with Gasteiger partial charge in [-0.25, -0.2) is 0 Å². The molecule has 1 heterocycles. The summed E-state index contributed by atoms with van der Waals surface area (Å²) < 4.78 is 0. The molecule has 3 heteroatoms. The Kier molecular flexibility index (Phi) is 2.93. The average molecular weight is 206 g/mol. The highest BCUT2D eigenvalue weighted by atomic mass is 16.3. The van der Waals surface area contributed by atoms with Crippen molar-refractivity contribution in [3.63, 3.8) is 0 Å². The van der Waals surface area contributed by atoms with Gasteiger partial charge in [-0.1, -0.05) is 12.1 Å². The molecule has 0 aliphatic carbocycles. The van der Waals surface area contributed by atoms with Gasteiger partial charge in [0.15, 0.2) is 0 Å². The van der Waals surface area contributed by atoms with Gasteiger partial charge in [0.1, 0.15) is 0 Å². The summed E-state index contributed by atoms with van der Waals surface area (Å²) in [5.74, 6) is 0. The van der Waals surface area contributed by atoms with Crippen LogP contribution >= 0.6 is 0 Å². The van der Waals surface area contributed by atoms with Crippen molar-refractivity contribution in [3.8, 4) is 0 Å². The number of rotatable bonds is 2. The standard InChI is InChI=1S/C12H18N2O/c1-9-2-3-10(7-13)12(6-9)14-5-4-11(15)8-14/h2-3,6,11,15H,4-5,7-8,13H2,1H3. The lowest BCUT2D eigenvalue weighted by Crippen LogP contribution is -2.23. The van der Waals surface area contributed by atoms with E-state index in [0.29, 0.717) is 6.54 Å². The second kappa shape index (κ2) is 4.21. The Morgan fingerprint density at radius 1 is 1.53 bits per heavy atom. The number of aliphatic hydroxyl groups excluding tert-OH is 1. The molecule has 0 amide bonds. The van der Waals surface area contributed by atoms with Crippen LogP contribution in [0.15, 0.2) is 18.2 Å². The van der Waals surface area contributed by atoms with Crippen molar-refractivity contribution < 1.29 is 5.11 Å². The van der Waals surface area contributed by atoms with E-state index in [1.54, 1.807) is 0 Å². The molecule has 1 aromatic carbocycles. The van der Waals surface area contributed by atoms with Gasteiger partial charge < -0.3 is 15.7 Å². The first kappa shape index (κ1) is 10.5. The van der Waals surface area contributed by atoms with Gasteiger partial charge >= 0.3 is 0 Å². The van der Waals surface area contributed by atoms with E-state index in [1.807, 2.05) is 0 Å². The fraction of sp³-hybridized carbons (Fsp3) is 0.500. The molecule has 2 rings (SSSR count). The van der Waals surface area contributed by atoms with E-state index < -0.39 is 0 Å². The lowest BCUT2D eigenvalue weighted by Gasteiger charge is -2.21. The van der Waals surface area contributed by atoms with Gasteiger partial charge in [-0.15, -0.1) is 0 Å². The van der Waals surface area contributed by atoms with Crippen LogP contribution in [0, 0.1) is 6.92 Å². The highest BCUT2D eigenvalue weighted by Crippen LogP contribution is 2.25. The fourth-order valence-corrected chi connectivity index (χ4v) is 2.10. The highest BCUT2D eigenvalue weighted by molar-refractivity contribution is 5.56. The Morgan fingerprint density at radius 2 is 2.33 bits per heavy atom. The minimum atomic E-state index is -0.184. The van der Waals surface area contributed by atoms with Crippen LogP contribution in [-0.4, -0.2) is 24.3 Å². The van der Waals surface area contributed by atoms with E-state index in [2.05, 4.69) is 30.0 Å². The topological polar surface area (TPSA) is 49.5 Å². The summed E-state index contributed by atoms with van der Waals surface area (Å²) in [6.45, 7) is 4.30. The summed E-state index contributed by atoms with van der Waals surface area (Å²) in [4.78, 5) is 2.22. The molecule has 15 heavy (non-hydrogen) atoms. The molecular weight excluding hydrogens is 188 g/mol. The first-order valence-electron chi connectivity index (χ1n) is 5.43. The molecule has 82 valence electrons. The van der Waals surface area contributed by atoms with E-state index in [0.717, 1.165) is 25.1 Å². The third kappa shape index (κ3) is 2.13. The molecule has 1 fully saturated rings. The largest absolute Gasteiger partial charge is 0.391 e. The number of anilines is 1. The van der Waals surface area contributed by atoms with Gasteiger partial charge in [-0.05, 0) is 30.5 Å². The third-order valence-corrected chi connectivity index (χ3v) is 2.96. The van der Waals surface area contributed by atoms with Gasteiger partial charge in [0.25, 0.3) is 0 Å². The number of nitrogens with zero attached hydrogens (tertiary/aromatic N) is 1. The zero-order valence-corrected chi connectivity index (χ0v) is 9.11. The van der Waals surface area contributed by atoms with Gasteiger partial charge in [-0.2, -0.15) is 0 Å². The van der Waals surface area contributed by atoms with Crippen LogP contribution in [0.1, 0.15) is 17.5 Å². The monoisotopic (exact) mass is 206 g/mol. The molecule has 0 bridgehead atoms. The maximum atomic E-state index is 9.52. The minimum absolute atomic E-state index is 0.184. The molecule has 0 aromatic heterocycles.